The molecule has 6 rings (SSSR count). The van der Waals surface area contributed by atoms with E-state index in [0.29, 0.717) is 18.7 Å². The number of hydrogen-bond donors (Lipinski definition) is 1. The predicted molar refractivity (Wildman–Crippen MR) is 156 cm³/mol. The van der Waals surface area contributed by atoms with Crippen LogP contribution in [0.4, 0.5) is 5.13 Å². The summed E-state index contributed by atoms with van der Waals surface area (Å²) in [6.07, 6.45) is 3.01. The van der Waals surface area contributed by atoms with Crippen LogP contribution in [0.1, 0.15) is 43.0 Å². The van der Waals surface area contributed by atoms with E-state index in [9.17, 15) is 14.4 Å². The lowest BCUT2D eigenvalue weighted by Gasteiger charge is -2.32. The Balaban J connectivity index is 1.15. The Hall–Kier alpha value is -2.86. The molecule has 41 heavy (non-hydrogen) atoms. The molecule has 11 heteroatoms. The van der Waals surface area contributed by atoms with Gasteiger partial charge in [0.15, 0.2) is 10.9 Å². The number of fused-ring (bicyclic) bond motifs is 1. The number of ether oxygens (including phenoxy) is 2. The standard InChI is InChI=1S/C30H39N5O5S/c1-3-39-24-16-35(26-23(36)17-40-27(24)26)29(38)25(20-6-4-5-7-20)32-28(37)21-10-8-19(9-11-21)22-18-41-30(31-22)34-14-12-33(2)13-15-34/h8-11,18,20,24-27H,3-7,12-17H2,1-2H3,(H,32,37)/t24-,25-,26+,27+/m0/s1. The second kappa shape index (κ2) is 12.2. The van der Waals surface area contributed by atoms with Crippen LogP contribution in [-0.4, -0.2) is 110 Å². The van der Waals surface area contributed by atoms with Gasteiger partial charge in [0.05, 0.1) is 12.2 Å². The van der Waals surface area contributed by atoms with Gasteiger partial charge in [-0.05, 0) is 44.9 Å². The number of nitrogens with zero attached hydrogens (tertiary/aromatic N) is 4. The number of hydrogen-bond acceptors (Lipinski definition) is 9. The molecule has 0 unspecified atom stereocenters. The zero-order valence-corrected chi connectivity index (χ0v) is 24.6. The number of Topliss-reactive ketones (excluding diaryl/α,β-unsaturated/α-hetero) is 1. The van der Waals surface area contributed by atoms with E-state index in [1.54, 1.807) is 28.4 Å². The second-order valence-electron chi connectivity index (χ2n) is 11.5. The lowest BCUT2D eigenvalue weighted by atomic mass is 9.95. The van der Waals surface area contributed by atoms with Gasteiger partial charge in [-0.3, -0.25) is 14.4 Å². The first-order chi connectivity index (χ1) is 19.9. The first-order valence-electron chi connectivity index (χ1n) is 14.8. The monoisotopic (exact) mass is 581 g/mol. The molecule has 4 heterocycles. The molecule has 10 nitrogen and oxygen atoms in total. The molecular weight excluding hydrogens is 542 g/mol. The molecule has 1 saturated carbocycles. The maximum absolute atomic E-state index is 14.0. The summed E-state index contributed by atoms with van der Waals surface area (Å²) in [6.45, 7) is 6.65. The van der Waals surface area contributed by atoms with E-state index in [0.717, 1.165) is 68.3 Å². The summed E-state index contributed by atoms with van der Waals surface area (Å²) < 4.78 is 11.5. The van der Waals surface area contributed by atoms with E-state index in [4.69, 9.17) is 14.5 Å². The van der Waals surface area contributed by atoms with E-state index < -0.39 is 18.2 Å². The number of likely N-dealkylation sites (tertiary alicyclic amines) is 1. The smallest absolute Gasteiger partial charge is 0.251 e. The number of carbonyl (C=O) groups excluding carboxylic acids is 3. The Labute approximate surface area is 245 Å². The van der Waals surface area contributed by atoms with Crippen molar-refractivity contribution in [1.29, 1.82) is 0 Å². The Kier molecular flexibility index (Phi) is 8.39. The van der Waals surface area contributed by atoms with Gasteiger partial charge in [0.25, 0.3) is 5.91 Å². The van der Waals surface area contributed by atoms with Gasteiger partial charge in [-0.15, -0.1) is 11.3 Å². The minimum Gasteiger partial charge on any atom is -0.374 e. The highest BCUT2D eigenvalue weighted by Crippen LogP contribution is 2.34. The van der Waals surface area contributed by atoms with E-state index in [1.165, 1.54) is 0 Å². The minimum absolute atomic E-state index is 0.00859. The third kappa shape index (κ3) is 5.77. The Morgan fingerprint density at radius 1 is 1.15 bits per heavy atom. The molecular formula is C30H39N5O5S. The first-order valence-corrected chi connectivity index (χ1v) is 15.7. The van der Waals surface area contributed by atoms with Gasteiger partial charge >= 0.3 is 0 Å². The highest BCUT2D eigenvalue weighted by molar-refractivity contribution is 7.14. The molecule has 3 aliphatic heterocycles. The van der Waals surface area contributed by atoms with Crippen LogP contribution in [0.15, 0.2) is 29.6 Å². The van der Waals surface area contributed by atoms with Crippen molar-refractivity contribution in [3.05, 3.63) is 35.2 Å². The average molecular weight is 582 g/mol. The number of amides is 2. The van der Waals surface area contributed by atoms with Gasteiger partial charge in [0.2, 0.25) is 5.91 Å². The molecule has 0 bridgehead atoms. The fourth-order valence-corrected chi connectivity index (χ4v) is 7.50. The number of rotatable bonds is 8. The van der Waals surface area contributed by atoms with Crippen LogP contribution in [-0.2, 0) is 19.1 Å². The largest absolute Gasteiger partial charge is 0.374 e. The fourth-order valence-electron chi connectivity index (χ4n) is 6.61. The second-order valence-corrected chi connectivity index (χ2v) is 12.4. The van der Waals surface area contributed by atoms with Gasteiger partial charge in [0, 0.05) is 49.3 Å². The number of benzene rings is 1. The number of carbonyl (C=O) groups is 3. The highest BCUT2D eigenvalue weighted by atomic mass is 32.1. The lowest BCUT2D eigenvalue weighted by molar-refractivity contribution is -0.139. The first kappa shape index (κ1) is 28.3. The zero-order valence-electron chi connectivity index (χ0n) is 23.8. The summed E-state index contributed by atoms with van der Waals surface area (Å²) in [5, 5.41) is 6.14. The summed E-state index contributed by atoms with van der Waals surface area (Å²) >= 11 is 1.64. The van der Waals surface area contributed by atoms with Crippen molar-refractivity contribution in [2.75, 3.05) is 57.9 Å². The van der Waals surface area contributed by atoms with Crippen LogP contribution in [0, 0.1) is 5.92 Å². The molecule has 3 saturated heterocycles. The number of anilines is 1. The van der Waals surface area contributed by atoms with Gasteiger partial charge < -0.3 is 29.5 Å². The molecule has 4 aliphatic rings. The van der Waals surface area contributed by atoms with Gasteiger partial charge in [-0.1, -0.05) is 25.0 Å². The average Bonchev–Trinajstić information content (AvgIpc) is 3.79. The summed E-state index contributed by atoms with van der Waals surface area (Å²) in [5.74, 6) is -0.563. The molecule has 0 radical (unpaired) electrons. The van der Waals surface area contributed by atoms with E-state index >= 15 is 0 Å². The summed E-state index contributed by atoms with van der Waals surface area (Å²) in [6, 6.07) is 6.08. The maximum Gasteiger partial charge on any atom is 0.251 e. The third-order valence-corrected chi connectivity index (χ3v) is 9.84. The van der Waals surface area contributed by atoms with Crippen molar-refractivity contribution >= 4 is 34.1 Å². The quantitative estimate of drug-likeness (QED) is 0.507. The normalized spacial score (nSPS) is 26.0. The SMILES string of the molecule is CCO[C@H]1CN(C(=O)[C@@H](NC(=O)c2ccc(-c3csc(N4CCN(C)CC4)n3)cc2)C2CCCC2)[C@@H]2C(=O)CO[C@H]12. The van der Waals surface area contributed by atoms with Crippen LogP contribution < -0.4 is 10.2 Å². The molecule has 1 aliphatic carbocycles. The van der Waals surface area contributed by atoms with E-state index in [1.807, 2.05) is 19.1 Å². The summed E-state index contributed by atoms with van der Waals surface area (Å²) in [4.78, 5) is 51.2. The van der Waals surface area contributed by atoms with Crippen LogP contribution >= 0.6 is 11.3 Å². The molecule has 4 atom stereocenters. The summed E-state index contributed by atoms with van der Waals surface area (Å²) in [7, 11) is 2.14. The third-order valence-electron chi connectivity index (χ3n) is 8.93. The number of thiazole rings is 1. The van der Waals surface area contributed by atoms with E-state index in [-0.39, 0.29) is 36.2 Å². The van der Waals surface area contributed by atoms with Crippen LogP contribution in [0.5, 0.6) is 0 Å². The van der Waals surface area contributed by atoms with Crippen molar-refractivity contribution < 1.29 is 23.9 Å². The van der Waals surface area contributed by atoms with Gasteiger partial charge in [-0.2, -0.15) is 0 Å². The van der Waals surface area contributed by atoms with Crippen molar-refractivity contribution in [3.63, 3.8) is 0 Å². The van der Waals surface area contributed by atoms with Gasteiger partial charge in [-0.25, -0.2) is 4.98 Å². The summed E-state index contributed by atoms with van der Waals surface area (Å²) in [5.41, 5.74) is 2.34. The molecule has 1 N–H and O–H groups in total. The Bertz CT molecular complexity index is 1250. The molecule has 1 aromatic heterocycles. The van der Waals surface area contributed by atoms with Crippen molar-refractivity contribution in [2.24, 2.45) is 5.92 Å². The highest BCUT2D eigenvalue weighted by Gasteiger charge is 2.54. The lowest BCUT2D eigenvalue weighted by Crippen LogP contribution is -2.54. The topological polar surface area (TPSA) is 104 Å². The van der Waals surface area contributed by atoms with Crippen LogP contribution in [0.3, 0.4) is 0 Å². The van der Waals surface area contributed by atoms with Crippen molar-refractivity contribution in [1.82, 2.24) is 20.1 Å². The predicted octanol–water partition coefficient (Wildman–Crippen LogP) is 2.43. The van der Waals surface area contributed by atoms with Crippen molar-refractivity contribution in [2.45, 2.75) is 56.9 Å². The molecule has 2 amide bonds. The molecule has 1 aromatic carbocycles. The van der Waals surface area contributed by atoms with Crippen LogP contribution in [0.25, 0.3) is 11.3 Å². The van der Waals surface area contributed by atoms with Gasteiger partial charge in [0.1, 0.15) is 30.9 Å². The number of ketones is 1. The maximum atomic E-state index is 14.0. The Morgan fingerprint density at radius 3 is 2.59 bits per heavy atom. The van der Waals surface area contributed by atoms with Crippen LogP contribution in [0.2, 0.25) is 0 Å². The number of aromatic nitrogens is 1. The zero-order chi connectivity index (χ0) is 28.5. The number of likely N-dealkylation sites (N-methyl/N-ethyl adjacent to an activating group) is 1. The number of piperazine rings is 1. The molecule has 4 fully saturated rings. The molecule has 2 aromatic rings. The van der Waals surface area contributed by atoms with Crippen molar-refractivity contribution in [3.8, 4) is 11.3 Å². The fraction of sp³-hybridized carbons (Fsp3) is 0.600. The van der Waals surface area contributed by atoms with E-state index in [2.05, 4.69) is 27.5 Å². The minimum atomic E-state index is -0.691. The Morgan fingerprint density at radius 2 is 1.88 bits per heavy atom. The molecule has 220 valence electrons. The number of nitrogens with one attached hydrogen (secondary N) is 1. The molecule has 0 spiro atoms.